The highest BCUT2D eigenvalue weighted by Crippen LogP contribution is 2.16. The van der Waals surface area contributed by atoms with E-state index in [0.29, 0.717) is 0 Å². The van der Waals surface area contributed by atoms with E-state index in [0.717, 1.165) is 22.4 Å². The van der Waals surface area contributed by atoms with Crippen molar-refractivity contribution in [2.75, 3.05) is 18.5 Å². The van der Waals surface area contributed by atoms with Gasteiger partial charge in [0.1, 0.15) is 5.82 Å². The average Bonchev–Trinajstić information content (AvgIpc) is 2.42. The van der Waals surface area contributed by atoms with E-state index in [4.69, 9.17) is 0 Å². The fraction of sp³-hybridized carbons (Fsp3) is 0.235. The summed E-state index contributed by atoms with van der Waals surface area (Å²) in [5.41, 5.74) is 3.63. The molecule has 0 aromatic heterocycles. The van der Waals surface area contributed by atoms with E-state index < -0.39 is 0 Å². The molecule has 104 valence electrons. The van der Waals surface area contributed by atoms with Gasteiger partial charge in [-0.05, 0) is 49.7 Å². The molecule has 0 saturated heterocycles. The molecule has 0 N–H and O–H groups in total. The largest absolute Gasteiger partial charge is 0.367 e. The van der Waals surface area contributed by atoms with Crippen LogP contribution in [0.5, 0.6) is 0 Å². The molecule has 0 aliphatic rings. The predicted octanol–water partition coefficient (Wildman–Crippen LogP) is 3.76. The van der Waals surface area contributed by atoms with Gasteiger partial charge in [-0.3, -0.25) is 4.79 Å². The maximum atomic E-state index is 12.9. The fourth-order valence-electron chi connectivity index (χ4n) is 2.12. The number of carbonyl (C=O) groups excluding carboxylic acids is 1. The Morgan fingerprint density at radius 1 is 1.10 bits per heavy atom. The van der Waals surface area contributed by atoms with Gasteiger partial charge in [-0.1, -0.05) is 17.7 Å². The standard InChI is InChI=1S/C17H18FNO/c1-12-4-5-13(2)16(10-12)17(20)11-19(3)15-8-6-14(18)7-9-15/h4-10H,11H2,1-3H3. The first-order valence-electron chi connectivity index (χ1n) is 6.54. The van der Waals surface area contributed by atoms with Crippen LogP contribution < -0.4 is 4.90 Å². The number of hydrogen-bond donors (Lipinski definition) is 0. The third-order valence-electron chi connectivity index (χ3n) is 3.34. The van der Waals surface area contributed by atoms with Crippen molar-refractivity contribution < 1.29 is 9.18 Å². The Morgan fingerprint density at radius 2 is 1.75 bits per heavy atom. The molecule has 3 heteroatoms. The van der Waals surface area contributed by atoms with Crippen LogP contribution in [0.2, 0.25) is 0 Å². The summed E-state index contributed by atoms with van der Waals surface area (Å²) in [5.74, 6) is -0.207. The van der Waals surface area contributed by atoms with Crippen LogP contribution in [-0.2, 0) is 0 Å². The molecule has 2 aromatic rings. The highest BCUT2D eigenvalue weighted by molar-refractivity contribution is 6.00. The molecule has 0 heterocycles. The summed E-state index contributed by atoms with van der Waals surface area (Å²) in [4.78, 5) is 14.2. The number of nitrogens with zero attached hydrogens (tertiary/aromatic N) is 1. The second kappa shape index (κ2) is 5.87. The molecule has 0 atom stereocenters. The summed E-state index contributed by atoms with van der Waals surface area (Å²) in [7, 11) is 1.83. The number of ketones is 1. The zero-order valence-electron chi connectivity index (χ0n) is 12.0. The Hall–Kier alpha value is -2.16. The first-order chi connectivity index (χ1) is 9.47. The molecule has 20 heavy (non-hydrogen) atoms. The molecule has 0 unspecified atom stereocenters. The maximum absolute atomic E-state index is 12.9. The second-order valence-electron chi connectivity index (χ2n) is 5.07. The zero-order chi connectivity index (χ0) is 14.7. The van der Waals surface area contributed by atoms with E-state index >= 15 is 0 Å². The van der Waals surface area contributed by atoms with Crippen LogP contribution in [0, 0.1) is 19.7 Å². The topological polar surface area (TPSA) is 20.3 Å². The average molecular weight is 271 g/mol. The third kappa shape index (κ3) is 3.23. The summed E-state index contributed by atoms with van der Waals surface area (Å²) in [6.07, 6.45) is 0. The number of halogens is 1. The van der Waals surface area contributed by atoms with Crippen LogP contribution in [-0.4, -0.2) is 19.4 Å². The number of aryl methyl sites for hydroxylation is 2. The first-order valence-corrected chi connectivity index (χ1v) is 6.54. The van der Waals surface area contributed by atoms with E-state index in [1.54, 1.807) is 12.1 Å². The van der Waals surface area contributed by atoms with E-state index in [1.807, 2.05) is 44.0 Å². The third-order valence-corrected chi connectivity index (χ3v) is 3.34. The molecule has 0 spiro atoms. The number of benzene rings is 2. The van der Waals surface area contributed by atoms with Crippen LogP contribution >= 0.6 is 0 Å². The highest BCUT2D eigenvalue weighted by Gasteiger charge is 2.12. The highest BCUT2D eigenvalue weighted by atomic mass is 19.1. The Kier molecular flexibility index (Phi) is 4.18. The van der Waals surface area contributed by atoms with Crippen molar-refractivity contribution in [3.05, 3.63) is 65.0 Å². The van der Waals surface area contributed by atoms with Crippen molar-refractivity contribution in [2.45, 2.75) is 13.8 Å². The summed E-state index contributed by atoms with van der Waals surface area (Å²) in [6.45, 7) is 4.18. The minimum absolute atomic E-state index is 0.0676. The molecule has 0 amide bonds. The molecular formula is C17H18FNO. The molecular weight excluding hydrogens is 253 g/mol. The Labute approximate surface area is 118 Å². The van der Waals surface area contributed by atoms with Crippen molar-refractivity contribution in [1.29, 1.82) is 0 Å². The molecule has 0 fully saturated rings. The molecule has 0 aliphatic heterocycles. The number of rotatable bonds is 4. The van der Waals surface area contributed by atoms with Crippen molar-refractivity contribution in [2.24, 2.45) is 0 Å². The maximum Gasteiger partial charge on any atom is 0.182 e. The van der Waals surface area contributed by atoms with Gasteiger partial charge in [0, 0.05) is 18.3 Å². The Balaban J connectivity index is 2.15. The summed E-state index contributed by atoms with van der Waals surface area (Å²) >= 11 is 0. The van der Waals surface area contributed by atoms with E-state index in [-0.39, 0.29) is 18.1 Å². The van der Waals surface area contributed by atoms with Gasteiger partial charge in [-0.2, -0.15) is 0 Å². The van der Waals surface area contributed by atoms with Crippen LogP contribution in [0.25, 0.3) is 0 Å². The smallest absolute Gasteiger partial charge is 0.182 e. The lowest BCUT2D eigenvalue weighted by Crippen LogP contribution is -2.26. The van der Waals surface area contributed by atoms with Gasteiger partial charge in [-0.15, -0.1) is 0 Å². The Bertz CT molecular complexity index is 619. The van der Waals surface area contributed by atoms with Gasteiger partial charge in [0.25, 0.3) is 0 Å². The van der Waals surface area contributed by atoms with Gasteiger partial charge < -0.3 is 4.90 Å². The molecule has 2 nitrogen and oxygen atoms in total. The quantitative estimate of drug-likeness (QED) is 0.789. The van der Waals surface area contributed by atoms with Crippen molar-refractivity contribution in [3.63, 3.8) is 0 Å². The van der Waals surface area contributed by atoms with E-state index in [9.17, 15) is 9.18 Å². The summed E-state index contributed by atoms with van der Waals surface area (Å²) in [5, 5.41) is 0. The molecule has 0 aliphatic carbocycles. The number of carbonyl (C=O) groups is 1. The van der Waals surface area contributed by atoms with Gasteiger partial charge in [0.2, 0.25) is 0 Å². The SMILES string of the molecule is Cc1ccc(C)c(C(=O)CN(C)c2ccc(F)cc2)c1. The number of anilines is 1. The van der Waals surface area contributed by atoms with Gasteiger partial charge in [0.15, 0.2) is 5.78 Å². The summed E-state index contributed by atoms with van der Waals surface area (Å²) in [6, 6.07) is 12.0. The van der Waals surface area contributed by atoms with Crippen LogP contribution in [0.4, 0.5) is 10.1 Å². The lowest BCUT2D eigenvalue weighted by atomic mass is 10.0. The number of likely N-dealkylation sites (N-methyl/N-ethyl adjacent to an activating group) is 1. The number of Topliss-reactive ketones (excluding diaryl/α,β-unsaturated/α-hetero) is 1. The fourth-order valence-corrected chi connectivity index (χ4v) is 2.12. The number of hydrogen-bond acceptors (Lipinski definition) is 2. The van der Waals surface area contributed by atoms with Gasteiger partial charge in [0.05, 0.1) is 6.54 Å². The van der Waals surface area contributed by atoms with Gasteiger partial charge in [-0.25, -0.2) is 4.39 Å². The summed E-state index contributed by atoms with van der Waals surface area (Å²) < 4.78 is 12.9. The lowest BCUT2D eigenvalue weighted by Gasteiger charge is -2.19. The molecule has 2 rings (SSSR count). The first kappa shape index (κ1) is 14.3. The van der Waals surface area contributed by atoms with Crippen LogP contribution in [0.3, 0.4) is 0 Å². The molecule has 0 saturated carbocycles. The van der Waals surface area contributed by atoms with Crippen molar-refractivity contribution in [1.82, 2.24) is 0 Å². The Morgan fingerprint density at radius 3 is 2.40 bits per heavy atom. The second-order valence-corrected chi connectivity index (χ2v) is 5.07. The van der Waals surface area contributed by atoms with Crippen molar-refractivity contribution in [3.8, 4) is 0 Å². The molecule has 0 bridgehead atoms. The lowest BCUT2D eigenvalue weighted by molar-refractivity contribution is 0.0999. The minimum atomic E-state index is -0.275. The minimum Gasteiger partial charge on any atom is -0.367 e. The monoisotopic (exact) mass is 271 g/mol. The van der Waals surface area contributed by atoms with Crippen LogP contribution in [0.15, 0.2) is 42.5 Å². The van der Waals surface area contributed by atoms with Crippen molar-refractivity contribution >= 4 is 11.5 Å². The zero-order valence-corrected chi connectivity index (χ0v) is 12.0. The van der Waals surface area contributed by atoms with E-state index in [2.05, 4.69) is 0 Å². The molecule has 2 aromatic carbocycles. The van der Waals surface area contributed by atoms with E-state index in [1.165, 1.54) is 12.1 Å². The van der Waals surface area contributed by atoms with Crippen LogP contribution in [0.1, 0.15) is 21.5 Å². The molecule has 0 radical (unpaired) electrons. The normalized spacial score (nSPS) is 10.4. The predicted molar refractivity (Wildman–Crippen MR) is 79.9 cm³/mol. The van der Waals surface area contributed by atoms with Gasteiger partial charge >= 0.3 is 0 Å².